The summed E-state index contributed by atoms with van der Waals surface area (Å²) in [6, 6.07) is 12.1. The maximum Gasteiger partial charge on any atom is 0.191 e. The van der Waals surface area contributed by atoms with Gasteiger partial charge in [-0.1, -0.05) is 12.1 Å². The van der Waals surface area contributed by atoms with Gasteiger partial charge in [-0.2, -0.15) is 5.10 Å². The number of aryl methyl sites for hydroxylation is 1. The number of hydrogen-bond donors (Lipinski definition) is 2. The zero-order valence-corrected chi connectivity index (χ0v) is 16.5. The molecule has 0 fully saturated rings. The van der Waals surface area contributed by atoms with Gasteiger partial charge in [-0.15, -0.1) is 0 Å². The first kappa shape index (κ1) is 19.0. The molecule has 0 saturated heterocycles. The van der Waals surface area contributed by atoms with Gasteiger partial charge in [0.15, 0.2) is 5.96 Å². The molecular weight excluding hydrogens is 368 g/mol. The second-order valence-electron chi connectivity index (χ2n) is 7.01. The Kier molecular flexibility index (Phi) is 6.09. The molecular formula is C21H26N6O2. The fourth-order valence-corrected chi connectivity index (χ4v) is 3.36. The lowest BCUT2D eigenvalue weighted by atomic mass is 10.1. The van der Waals surface area contributed by atoms with E-state index in [-0.39, 0.29) is 6.04 Å². The Morgan fingerprint density at radius 3 is 3.00 bits per heavy atom. The molecule has 2 N–H and O–H groups in total. The molecule has 0 bridgehead atoms. The number of furan rings is 1. The van der Waals surface area contributed by atoms with Crippen LogP contribution in [-0.4, -0.2) is 40.4 Å². The molecule has 3 aromatic rings. The molecule has 1 aliphatic rings. The third-order valence-corrected chi connectivity index (χ3v) is 4.97. The third kappa shape index (κ3) is 5.16. The number of ether oxygens (including phenoxy) is 1. The first-order valence-electron chi connectivity index (χ1n) is 9.87. The van der Waals surface area contributed by atoms with Crippen molar-refractivity contribution in [3.63, 3.8) is 0 Å². The van der Waals surface area contributed by atoms with Crippen LogP contribution in [0, 0.1) is 0 Å². The van der Waals surface area contributed by atoms with Gasteiger partial charge in [0.2, 0.25) is 0 Å². The molecule has 4 rings (SSSR count). The highest BCUT2D eigenvalue weighted by molar-refractivity contribution is 5.80. The molecule has 0 spiro atoms. The first-order valence-corrected chi connectivity index (χ1v) is 9.87. The van der Waals surface area contributed by atoms with Crippen LogP contribution in [0.2, 0.25) is 0 Å². The Morgan fingerprint density at radius 1 is 1.31 bits per heavy atom. The normalized spacial score (nSPS) is 16.3. The van der Waals surface area contributed by atoms with E-state index in [2.05, 4.69) is 20.7 Å². The van der Waals surface area contributed by atoms with Gasteiger partial charge in [-0.05, 0) is 36.2 Å². The highest BCUT2D eigenvalue weighted by Crippen LogP contribution is 2.13. The lowest BCUT2D eigenvalue weighted by Gasteiger charge is -2.25. The number of aromatic nitrogens is 3. The minimum atomic E-state index is 0.259. The van der Waals surface area contributed by atoms with E-state index in [0.717, 1.165) is 61.2 Å². The third-order valence-electron chi connectivity index (χ3n) is 4.97. The summed E-state index contributed by atoms with van der Waals surface area (Å²) in [5.41, 5.74) is 1.13. The molecule has 0 radical (unpaired) electrons. The van der Waals surface area contributed by atoms with E-state index in [1.807, 2.05) is 41.1 Å². The molecule has 152 valence electrons. The number of methoxy groups -OCH3 is 1. The van der Waals surface area contributed by atoms with Crippen molar-refractivity contribution in [1.82, 2.24) is 25.4 Å². The van der Waals surface area contributed by atoms with Crippen LogP contribution in [0.25, 0.3) is 0 Å². The molecule has 2 aromatic heterocycles. The fraction of sp³-hybridized carbons (Fsp3) is 0.381. The Bertz CT molecular complexity index is 917. The van der Waals surface area contributed by atoms with Crippen LogP contribution < -0.4 is 15.4 Å². The molecule has 0 amide bonds. The van der Waals surface area contributed by atoms with Gasteiger partial charge >= 0.3 is 0 Å². The average Bonchev–Trinajstić information content (AvgIpc) is 3.44. The average molecular weight is 394 g/mol. The highest BCUT2D eigenvalue weighted by atomic mass is 16.5. The summed E-state index contributed by atoms with van der Waals surface area (Å²) < 4.78 is 12.6. The standard InChI is InChI=1S/C21H26N6O2/c1-28-18-7-4-16(5-8-18)13-23-21(22-11-10-19-3-2-12-29-19)26-17-6-9-20-24-15-25-27(20)14-17/h2-5,7-8,12,15,17H,6,9-11,13-14H2,1H3,(H2,22,23,26). The smallest absolute Gasteiger partial charge is 0.191 e. The van der Waals surface area contributed by atoms with Crippen LogP contribution in [0.3, 0.4) is 0 Å². The predicted octanol–water partition coefficient (Wildman–Crippen LogP) is 2.17. The summed E-state index contributed by atoms with van der Waals surface area (Å²) in [4.78, 5) is 9.08. The zero-order chi connectivity index (χ0) is 19.9. The second kappa shape index (κ2) is 9.27. The highest BCUT2D eigenvalue weighted by Gasteiger charge is 2.20. The number of aliphatic imine (C=N–C) groups is 1. The summed E-state index contributed by atoms with van der Waals surface area (Å²) in [6.07, 6.45) is 6.03. The second-order valence-corrected chi connectivity index (χ2v) is 7.01. The lowest BCUT2D eigenvalue weighted by Crippen LogP contribution is -2.47. The van der Waals surface area contributed by atoms with Crippen LogP contribution >= 0.6 is 0 Å². The molecule has 3 heterocycles. The fourth-order valence-electron chi connectivity index (χ4n) is 3.36. The van der Waals surface area contributed by atoms with E-state index in [9.17, 15) is 0 Å². The van der Waals surface area contributed by atoms with E-state index in [0.29, 0.717) is 6.54 Å². The number of nitrogens with one attached hydrogen (secondary N) is 2. The van der Waals surface area contributed by atoms with Crippen molar-refractivity contribution in [3.8, 4) is 5.75 Å². The number of benzene rings is 1. The Balaban J connectivity index is 1.39. The molecule has 8 nitrogen and oxygen atoms in total. The molecule has 1 aromatic carbocycles. The van der Waals surface area contributed by atoms with E-state index in [1.54, 1.807) is 19.7 Å². The van der Waals surface area contributed by atoms with Crippen LogP contribution in [0.1, 0.15) is 23.6 Å². The van der Waals surface area contributed by atoms with E-state index < -0.39 is 0 Å². The monoisotopic (exact) mass is 394 g/mol. The van der Waals surface area contributed by atoms with Gasteiger partial charge in [0.25, 0.3) is 0 Å². The number of fused-ring (bicyclic) bond motifs is 1. The van der Waals surface area contributed by atoms with Crippen LogP contribution in [0.5, 0.6) is 5.75 Å². The molecule has 8 heteroatoms. The molecule has 1 aliphatic heterocycles. The maximum absolute atomic E-state index is 5.42. The number of guanidine groups is 1. The van der Waals surface area contributed by atoms with Crippen molar-refractivity contribution in [2.24, 2.45) is 4.99 Å². The van der Waals surface area contributed by atoms with Gasteiger partial charge in [0.1, 0.15) is 23.7 Å². The van der Waals surface area contributed by atoms with Gasteiger partial charge in [-0.25, -0.2) is 14.7 Å². The van der Waals surface area contributed by atoms with Crippen molar-refractivity contribution in [3.05, 3.63) is 66.1 Å². The summed E-state index contributed by atoms with van der Waals surface area (Å²) in [5.74, 6) is 3.64. The Labute approximate surface area is 170 Å². The maximum atomic E-state index is 5.42. The lowest BCUT2D eigenvalue weighted by molar-refractivity contribution is 0.392. The minimum absolute atomic E-state index is 0.259. The van der Waals surface area contributed by atoms with Gasteiger partial charge in [0, 0.05) is 25.4 Å². The van der Waals surface area contributed by atoms with Crippen molar-refractivity contribution >= 4 is 5.96 Å². The topological polar surface area (TPSA) is 89.5 Å². The number of rotatable bonds is 7. The van der Waals surface area contributed by atoms with Gasteiger partial charge < -0.3 is 19.8 Å². The summed E-state index contributed by atoms with van der Waals surface area (Å²) in [6.45, 7) is 2.11. The number of hydrogen-bond acceptors (Lipinski definition) is 5. The Morgan fingerprint density at radius 2 is 2.21 bits per heavy atom. The Hall–Kier alpha value is -3.29. The molecule has 0 aliphatic carbocycles. The van der Waals surface area contributed by atoms with Crippen molar-refractivity contribution in [2.75, 3.05) is 13.7 Å². The van der Waals surface area contributed by atoms with E-state index in [4.69, 9.17) is 14.1 Å². The van der Waals surface area contributed by atoms with Crippen molar-refractivity contribution in [2.45, 2.75) is 38.4 Å². The summed E-state index contributed by atoms with van der Waals surface area (Å²) in [7, 11) is 1.67. The number of nitrogens with zero attached hydrogens (tertiary/aromatic N) is 4. The first-order chi connectivity index (χ1) is 14.3. The van der Waals surface area contributed by atoms with E-state index in [1.165, 1.54) is 0 Å². The quantitative estimate of drug-likeness (QED) is 0.472. The van der Waals surface area contributed by atoms with Crippen LogP contribution in [0.15, 0.2) is 58.4 Å². The summed E-state index contributed by atoms with van der Waals surface area (Å²) in [5, 5.41) is 11.3. The summed E-state index contributed by atoms with van der Waals surface area (Å²) >= 11 is 0. The SMILES string of the molecule is COc1ccc(CN=C(NCCc2ccco2)NC2CCc3ncnn3C2)cc1. The van der Waals surface area contributed by atoms with Crippen LogP contribution in [0.4, 0.5) is 0 Å². The predicted molar refractivity (Wildman–Crippen MR) is 110 cm³/mol. The van der Waals surface area contributed by atoms with Crippen molar-refractivity contribution in [1.29, 1.82) is 0 Å². The van der Waals surface area contributed by atoms with Crippen molar-refractivity contribution < 1.29 is 9.15 Å². The van der Waals surface area contributed by atoms with E-state index >= 15 is 0 Å². The minimum Gasteiger partial charge on any atom is -0.497 e. The van der Waals surface area contributed by atoms with Crippen LogP contribution in [-0.2, 0) is 25.9 Å². The zero-order valence-electron chi connectivity index (χ0n) is 16.5. The van der Waals surface area contributed by atoms with Gasteiger partial charge in [-0.3, -0.25) is 0 Å². The van der Waals surface area contributed by atoms with Gasteiger partial charge in [0.05, 0.1) is 26.5 Å². The molecule has 1 unspecified atom stereocenters. The molecule has 0 saturated carbocycles. The molecule has 1 atom stereocenters. The molecule has 29 heavy (non-hydrogen) atoms. The largest absolute Gasteiger partial charge is 0.497 e.